The molecule has 4 nitrogen and oxygen atoms in total. The molecule has 0 aliphatic carbocycles. The first-order valence-electron chi connectivity index (χ1n) is 5.87. The number of hydrogen-bond donors (Lipinski definition) is 1. The summed E-state index contributed by atoms with van der Waals surface area (Å²) in [5, 5.41) is 0. The maximum Gasteiger partial charge on any atom is 0.293 e. The van der Waals surface area contributed by atoms with Gasteiger partial charge in [-0.3, -0.25) is 4.79 Å². The fraction of sp³-hybridized carbons (Fsp3) is 0.143. The van der Waals surface area contributed by atoms with Gasteiger partial charge in [-0.1, -0.05) is 30.4 Å². The van der Waals surface area contributed by atoms with Crippen LogP contribution in [0, 0.1) is 0 Å². The molecule has 2 aromatic rings. The van der Waals surface area contributed by atoms with E-state index in [0.29, 0.717) is 23.7 Å². The topological polar surface area (TPSA) is 59.5 Å². The first-order chi connectivity index (χ1) is 9.18. The Morgan fingerprint density at radius 1 is 1.21 bits per heavy atom. The van der Waals surface area contributed by atoms with Crippen molar-refractivity contribution >= 4 is 28.8 Å². The van der Waals surface area contributed by atoms with Gasteiger partial charge in [-0.25, -0.2) is 0 Å². The second-order valence-corrected chi connectivity index (χ2v) is 4.51. The SMILES string of the molecule is NC(=S)CCN(C(=O)c1ccco1)c1ccccc1. The van der Waals surface area contributed by atoms with E-state index < -0.39 is 0 Å². The van der Waals surface area contributed by atoms with Gasteiger partial charge >= 0.3 is 0 Å². The standard InChI is InChI=1S/C14H14N2O2S/c15-13(19)8-9-16(11-5-2-1-3-6-11)14(17)12-7-4-10-18-12/h1-7,10H,8-9H2,(H2,15,19). The van der Waals surface area contributed by atoms with Gasteiger partial charge in [0.25, 0.3) is 5.91 Å². The molecule has 0 atom stereocenters. The Morgan fingerprint density at radius 2 is 1.95 bits per heavy atom. The van der Waals surface area contributed by atoms with Gasteiger partial charge in [0.05, 0.1) is 11.3 Å². The minimum Gasteiger partial charge on any atom is -0.459 e. The lowest BCUT2D eigenvalue weighted by Gasteiger charge is -2.21. The molecule has 1 heterocycles. The number of para-hydroxylation sites is 1. The van der Waals surface area contributed by atoms with E-state index in [0.717, 1.165) is 5.69 Å². The van der Waals surface area contributed by atoms with Crippen molar-refractivity contribution in [2.75, 3.05) is 11.4 Å². The molecule has 0 radical (unpaired) electrons. The highest BCUT2D eigenvalue weighted by Gasteiger charge is 2.19. The summed E-state index contributed by atoms with van der Waals surface area (Å²) in [6, 6.07) is 12.7. The van der Waals surface area contributed by atoms with Crippen LogP contribution in [0.5, 0.6) is 0 Å². The molecule has 5 heteroatoms. The predicted octanol–water partition coefficient (Wildman–Crippen LogP) is 2.60. The van der Waals surface area contributed by atoms with Crippen molar-refractivity contribution in [2.45, 2.75) is 6.42 Å². The van der Waals surface area contributed by atoms with E-state index in [9.17, 15) is 4.79 Å². The zero-order chi connectivity index (χ0) is 13.7. The van der Waals surface area contributed by atoms with Gasteiger partial charge in [0.1, 0.15) is 0 Å². The van der Waals surface area contributed by atoms with E-state index in [1.54, 1.807) is 17.0 Å². The second kappa shape index (κ2) is 6.15. The lowest BCUT2D eigenvalue weighted by atomic mass is 10.2. The number of hydrogen-bond acceptors (Lipinski definition) is 3. The molecular weight excluding hydrogens is 260 g/mol. The molecule has 0 saturated heterocycles. The summed E-state index contributed by atoms with van der Waals surface area (Å²) in [5.74, 6) is 0.0965. The van der Waals surface area contributed by atoms with Gasteiger partial charge in [-0.15, -0.1) is 0 Å². The fourth-order valence-corrected chi connectivity index (χ4v) is 1.80. The van der Waals surface area contributed by atoms with E-state index in [2.05, 4.69) is 0 Å². The summed E-state index contributed by atoms with van der Waals surface area (Å²) in [7, 11) is 0. The lowest BCUT2D eigenvalue weighted by Crippen LogP contribution is -2.33. The van der Waals surface area contributed by atoms with Crippen LogP contribution in [0.15, 0.2) is 53.1 Å². The van der Waals surface area contributed by atoms with Crippen LogP contribution in [-0.2, 0) is 0 Å². The molecule has 0 unspecified atom stereocenters. The van der Waals surface area contributed by atoms with Gasteiger partial charge in [-0.2, -0.15) is 0 Å². The molecule has 1 aromatic heterocycles. The van der Waals surface area contributed by atoms with Crippen molar-refractivity contribution in [2.24, 2.45) is 5.73 Å². The third-order valence-corrected chi connectivity index (χ3v) is 2.83. The molecular formula is C14H14N2O2S. The highest BCUT2D eigenvalue weighted by atomic mass is 32.1. The Kier molecular flexibility index (Phi) is 4.30. The van der Waals surface area contributed by atoms with Gasteiger partial charge in [-0.05, 0) is 24.3 Å². The number of benzene rings is 1. The number of carbonyl (C=O) groups is 1. The maximum absolute atomic E-state index is 12.4. The van der Waals surface area contributed by atoms with E-state index in [1.807, 2.05) is 30.3 Å². The average molecular weight is 274 g/mol. The van der Waals surface area contributed by atoms with Crippen molar-refractivity contribution in [3.63, 3.8) is 0 Å². The minimum atomic E-state index is -0.201. The van der Waals surface area contributed by atoms with Crippen LogP contribution in [0.3, 0.4) is 0 Å². The van der Waals surface area contributed by atoms with E-state index in [-0.39, 0.29) is 5.91 Å². The van der Waals surface area contributed by atoms with E-state index in [1.165, 1.54) is 6.26 Å². The number of anilines is 1. The molecule has 0 fully saturated rings. The highest BCUT2D eigenvalue weighted by molar-refractivity contribution is 7.80. The van der Waals surface area contributed by atoms with Crippen LogP contribution in [0.2, 0.25) is 0 Å². The van der Waals surface area contributed by atoms with Gasteiger partial charge in [0, 0.05) is 18.7 Å². The number of rotatable bonds is 5. The molecule has 0 spiro atoms. The molecule has 1 amide bonds. The van der Waals surface area contributed by atoms with Crippen LogP contribution in [0.1, 0.15) is 17.0 Å². The average Bonchev–Trinajstić information content (AvgIpc) is 2.93. The van der Waals surface area contributed by atoms with Gasteiger partial charge in [0.15, 0.2) is 5.76 Å². The zero-order valence-corrected chi connectivity index (χ0v) is 11.1. The summed E-state index contributed by atoms with van der Waals surface area (Å²) < 4.78 is 5.15. The quantitative estimate of drug-likeness (QED) is 0.851. The number of thiocarbonyl (C=S) groups is 1. The normalized spacial score (nSPS) is 10.1. The second-order valence-electron chi connectivity index (χ2n) is 3.99. The van der Waals surface area contributed by atoms with Crippen LogP contribution >= 0.6 is 12.2 Å². The Balaban J connectivity index is 2.24. The van der Waals surface area contributed by atoms with Gasteiger partial charge in [0.2, 0.25) is 0 Å². The van der Waals surface area contributed by atoms with Crippen LogP contribution < -0.4 is 10.6 Å². The first kappa shape index (κ1) is 13.3. The monoisotopic (exact) mass is 274 g/mol. The Morgan fingerprint density at radius 3 is 2.53 bits per heavy atom. The van der Waals surface area contributed by atoms with Crippen molar-refractivity contribution in [1.82, 2.24) is 0 Å². The summed E-state index contributed by atoms with van der Waals surface area (Å²) in [5.41, 5.74) is 6.30. The third kappa shape index (κ3) is 3.42. The smallest absolute Gasteiger partial charge is 0.293 e. The molecule has 0 aliphatic rings. The molecule has 98 valence electrons. The Bertz CT molecular complexity index is 552. The van der Waals surface area contributed by atoms with E-state index in [4.69, 9.17) is 22.4 Å². The summed E-state index contributed by atoms with van der Waals surface area (Å²) in [6.07, 6.45) is 1.95. The largest absolute Gasteiger partial charge is 0.459 e. The molecule has 2 N–H and O–H groups in total. The molecule has 1 aromatic carbocycles. The molecule has 2 rings (SSSR count). The minimum absolute atomic E-state index is 0.201. The Hall–Kier alpha value is -2.14. The molecule has 0 saturated carbocycles. The zero-order valence-electron chi connectivity index (χ0n) is 10.3. The molecule has 0 aliphatic heterocycles. The fourth-order valence-electron chi connectivity index (χ4n) is 1.71. The van der Waals surface area contributed by atoms with Crippen molar-refractivity contribution in [3.8, 4) is 0 Å². The van der Waals surface area contributed by atoms with Crippen molar-refractivity contribution in [3.05, 3.63) is 54.5 Å². The first-order valence-corrected chi connectivity index (χ1v) is 6.28. The summed E-state index contributed by atoms with van der Waals surface area (Å²) in [4.78, 5) is 14.4. The molecule has 19 heavy (non-hydrogen) atoms. The number of nitrogens with zero attached hydrogens (tertiary/aromatic N) is 1. The third-order valence-electron chi connectivity index (χ3n) is 2.63. The van der Waals surface area contributed by atoms with Crippen LogP contribution in [0.4, 0.5) is 5.69 Å². The summed E-state index contributed by atoms with van der Waals surface area (Å²) >= 11 is 4.87. The number of furan rings is 1. The number of nitrogens with two attached hydrogens (primary N) is 1. The predicted molar refractivity (Wildman–Crippen MR) is 78.2 cm³/mol. The van der Waals surface area contributed by atoms with Crippen LogP contribution in [0.25, 0.3) is 0 Å². The summed E-state index contributed by atoms with van der Waals surface area (Å²) in [6.45, 7) is 0.429. The van der Waals surface area contributed by atoms with Gasteiger partial charge < -0.3 is 15.1 Å². The number of carbonyl (C=O) groups excluding carboxylic acids is 1. The van der Waals surface area contributed by atoms with E-state index >= 15 is 0 Å². The molecule has 0 bridgehead atoms. The van der Waals surface area contributed by atoms with Crippen molar-refractivity contribution in [1.29, 1.82) is 0 Å². The van der Waals surface area contributed by atoms with Crippen LogP contribution in [-0.4, -0.2) is 17.4 Å². The lowest BCUT2D eigenvalue weighted by molar-refractivity contribution is 0.0961. The highest BCUT2D eigenvalue weighted by Crippen LogP contribution is 2.17. The number of amides is 1. The Labute approximate surface area is 116 Å². The maximum atomic E-state index is 12.4. The van der Waals surface area contributed by atoms with Crippen molar-refractivity contribution < 1.29 is 9.21 Å².